The van der Waals surface area contributed by atoms with Crippen LogP contribution in [0.4, 0.5) is 0 Å². The van der Waals surface area contributed by atoms with Gasteiger partial charge in [-0.1, -0.05) is 35.4 Å². The summed E-state index contributed by atoms with van der Waals surface area (Å²) in [6, 6.07) is 12.1. The van der Waals surface area contributed by atoms with Crippen LogP contribution in [0.2, 0.25) is 5.02 Å². The van der Waals surface area contributed by atoms with E-state index < -0.39 is 10.0 Å². The second kappa shape index (κ2) is 4.90. The molecule has 0 fully saturated rings. The van der Waals surface area contributed by atoms with E-state index in [2.05, 4.69) is 0 Å². The average molecular weight is 320 g/mol. The van der Waals surface area contributed by atoms with Crippen LogP contribution in [0.1, 0.15) is 11.1 Å². The highest BCUT2D eigenvalue weighted by molar-refractivity contribution is 7.90. The first-order chi connectivity index (χ1) is 9.89. The lowest BCUT2D eigenvalue weighted by molar-refractivity contribution is 0.589. The number of nitrogens with zero attached hydrogens (tertiary/aromatic N) is 1. The van der Waals surface area contributed by atoms with Gasteiger partial charge in [-0.15, -0.1) is 0 Å². The summed E-state index contributed by atoms with van der Waals surface area (Å²) in [7, 11) is -3.62. The summed E-state index contributed by atoms with van der Waals surface area (Å²) in [4.78, 5) is 0.268. The Morgan fingerprint density at radius 3 is 2.33 bits per heavy atom. The maximum Gasteiger partial charge on any atom is 0.268 e. The normalized spacial score (nSPS) is 12.0. The molecule has 0 aliphatic heterocycles. The Hall–Kier alpha value is -1.78. The summed E-state index contributed by atoms with van der Waals surface area (Å²) in [5, 5.41) is 1.40. The van der Waals surface area contributed by atoms with E-state index in [1.165, 1.54) is 3.97 Å². The summed E-state index contributed by atoms with van der Waals surface area (Å²) >= 11 is 6.01. The van der Waals surface area contributed by atoms with Crippen LogP contribution in [0.25, 0.3) is 10.9 Å². The zero-order valence-electron chi connectivity index (χ0n) is 11.7. The maximum atomic E-state index is 12.8. The number of benzene rings is 2. The van der Waals surface area contributed by atoms with Crippen molar-refractivity contribution in [2.75, 3.05) is 0 Å². The van der Waals surface area contributed by atoms with E-state index in [-0.39, 0.29) is 4.90 Å². The van der Waals surface area contributed by atoms with E-state index in [1.807, 2.05) is 19.9 Å². The fourth-order valence-electron chi connectivity index (χ4n) is 2.36. The molecule has 2 aromatic carbocycles. The van der Waals surface area contributed by atoms with Crippen molar-refractivity contribution in [1.29, 1.82) is 0 Å². The predicted octanol–water partition coefficient (Wildman–Crippen LogP) is 4.15. The lowest BCUT2D eigenvalue weighted by Gasteiger charge is -2.08. The largest absolute Gasteiger partial charge is 0.268 e. The Morgan fingerprint density at radius 2 is 1.67 bits per heavy atom. The Kier molecular flexibility index (Phi) is 3.30. The van der Waals surface area contributed by atoms with Crippen LogP contribution < -0.4 is 0 Å². The first-order valence-corrected chi connectivity index (χ1v) is 8.31. The molecule has 5 heteroatoms. The molecule has 3 nitrogen and oxygen atoms in total. The van der Waals surface area contributed by atoms with Crippen molar-refractivity contribution in [3.63, 3.8) is 0 Å². The minimum absolute atomic E-state index is 0.268. The summed E-state index contributed by atoms with van der Waals surface area (Å²) in [5.41, 5.74) is 2.52. The van der Waals surface area contributed by atoms with Crippen LogP contribution in [0.15, 0.2) is 53.6 Å². The summed E-state index contributed by atoms with van der Waals surface area (Å²) in [6.45, 7) is 3.81. The highest BCUT2D eigenvalue weighted by Crippen LogP contribution is 2.27. The van der Waals surface area contributed by atoms with E-state index >= 15 is 0 Å². The molecular formula is C16H14ClNO2S. The third-order valence-electron chi connectivity index (χ3n) is 3.51. The highest BCUT2D eigenvalue weighted by atomic mass is 35.5. The van der Waals surface area contributed by atoms with Gasteiger partial charge in [0.2, 0.25) is 0 Å². The van der Waals surface area contributed by atoms with E-state index in [1.54, 1.807) is 42.6 Å². The van der Waals surface area contributed by atoms with E-state index in [0.717, 1.165) is 16.5 Å². The Morgan fingerprint density at radius 1 is 1.00 bits per heavy atom. The molecule has 0 spiro atoms. The molecule has 0 saturated heterocycles. The Balaban J connectivity index is 2.28. The lowest BCUT2D eigenvalue weighted by Crippen LogP contribution is -2.11. The summed E-state index contributed by atoms with van der Waals surface area (Å²) in [5.74, 6) is 0. The van der Waals surface area contributed by atoms with Crippen molar-refractivity contribution in [3.05, 3.63) is 64.8 Å². The predicted molar refractivity (Wildman–Crippen MR) is 85.4 cm³/mol. The van der Waals surface area contributed by atoms with Crippen molar-refractivity contribution < 1.29 is 8.42 Å². The topological polar surface area (TPSA) is 39.1 Å². The van der Waals surface area contributed by atoms with Crippen LogP contribution in [0.5, 0.6) is 0 Å². The van der Waals surface area contributed by atoms with Crippen LogP contribution >= 0.6 is 11.6 Å². The first kappa shape index (κ1) is 14.2. The molecule has 0 N–H and O–H groups in total. The van der Waals surface area contributed by atoms with Crippen molar-refractivity contribution in [2.45, 2.75) is 18.7 Å². The van der Waals surface area contributed by atoms with Crippen LogP contribution in [0.3, 0.4) is 0 Å². The Labute approximate surface area is 128 Å². The number of hydrogen-bond donors (Lipinski definition) is 0. The molecule has 0 atom stereocenters. The van der Waals surface area contributed by atoms with Gasteiger partial charge in [0, 0.05) is 16.6 Å². The van der Waals surface area contributed by atoms with Crippen LogP contribution in [0, 0.1) is 13.8 Å². The number of fused-ring (bicyclic) bond motifs is 1. The van der Waals surface area contributed by atoms with E-state index in [9.17, 15) is 8.42 Å². The van der Waals surface area contributed by atoms with Gasteiger partial charge in [-0.3, -0.25) is 0 Å². The molecule has 1 heterocycles. The van der Waals surface area contributed by atoms with Crippen molar-refractivity contribution in [2.24, 2.45) is 0 Å². The van der Waals surface area contributed by atoms with Crippen molar-refractivity contribution >= 4 is 32.5 Å². The second-order valence-electron chi connectivity index (χ2n) is 5.09. The number of aryl methyl sites for hydroxylation is 2. The number of halogens is 1. The molecule has 0 aliphatic carbocycles. The van der Waals surface area contributed by atoms with Gasteiger partial charge < -0.3 is 0 Å². The van der Waals surface area contributed by atoms with Gasteiger partial charge in [-0.25, -0.2) is 12.4 Å². The average Bonchev–Trinajstić information content (AvgIpc) is 2.76. The van der Waals surface area contributed by atoms with Crippen LogP contribution in [-0.2, 0) is 10.0 Å². The minimum Gasteiger partial charge on any atom is -0.241 e. The second-order valence-corrected chi connectivity index (χ2v) is 7.34. The van der Waals surface area contributed by atoms with Gasteiger partial charge in [0.25, 0.3) is 10.0 Å². The number of hydrogen-bond acceptors (Lipinski definition) is 2. The van der Waals surface area contributed by atoms with Crippen molar-refractivity contribution in [3.8, 4) is 0 Å². The maximum absolute atomic E-state index is 12.8. The molecule has 0 aliphatic rings. The molecule has 0 bridgehead atoms. The van der Waals surface area contributed by atoms with Gasteiger partial charge in [0.05, 0.1) is 10.4 Å². The minimum atomic E-state index is -3.62. The third-order valence-corrected chi connectivity index (χ3v) is 5.43. The molecule has 0 unspecified atom stereocenters. The van der Waals surface area contributed by atoms with Gasteiger partial charge in [0.1, 0.15) is 0 Å². The molecule has 108 valence electrons. The fourth-order valence-corrected chi connectivity index (χ4v) is 3.94. The Bertz CT molecular complexity index is 925. The van der Waals surface area contributed by atoms with Crippen LogP contribution in [-0.4, -0.2) is 12.4 Å². The molecule has 0 radical (unpaired) electrons. The SMILES string of the molecule is Cc1ccc(S(=O)(=O)n2cc(C)c3ccc(Cl)cc32)cc1. The molecule has 21 heavy (non-hydrogen) atoms. The molecular weight excluding hydrogens is 306 g/mol. The van der Waals surface area contributed by atoms with Gasteiger partial charge in [-0.2, -0.15) is 0 Å². The van der Waals surface area contributed by atoms with Gasteiger partial charge >= 0.3 is 0 Å². The zero-order chi connectivity index (χ0) is 15.2. The molecule has 1 aromatic heterocycles. The summed E-state index contributed by atoms with van der Waals surface area (Å²) < 4.78 is 26.9. The standard InChI is InChI=1S/C16H14ClNO2S/c1-11-3-6-14(7-4-11)21(19,20)18-10-12(2)15-8-5-13(17)9-16(15)18/h3-10H,1-2H3. The molecule has 0 amide bonds. The highest BCUT2D eigenvalue weighted by Gasteiger charge is 2.20. The number of aromatic nitrogens is 1. The summed E-state index contributed by atoms with van der Waals surface area (Å²) in [6.07, 6.45) is 1.64. The van der Waals surface area contributed by atoms with E-state index in [4.69, 9.17) is 11.6 Å². The fraction of sp³-hybridized carbons (Fsp3) is 0.125. The molecule has 0 saturated carbocycles. The van der Waals surface area contributed by atoms with Crippen molar-refractivity contribution in [1.82, 2.24) is 3.97 Å². The first-order valence-electron chi connectivity index (χ1n) is 6.49. The monoisotopic (exact) mass is 319 g/mol. The van der Waals surface area contributed by atoms with Gasteiger partial charge in [0.15, 0.2) is 0 Å². The van der Waals surface area contributed by atoms with E-state index in [0.29, 0.717) is 10.5 Å². The lowest BCUT2D eigenvalue weighted by atomic mass is 10.2. The molecule has 3 rings (SSSR count). The zero-order valence-corrected chi connectivity index (χ0v) is 13.2. The van der Waals surface area contributed by atoms with Gasteiger partial charge in [-0.05, 0) is 43.7 Å². The quantitative estimate of drug-likeness (QED) is 0.712. The molecule has 3 aromatic rings. The third kappa shape index (κ3) is 2.34. The number of rotatable bonds is 2. The smallest absolute Gasteiger partial charge is 0.241 e.